The molecule has 0 saturated carbocycles. The molecule has 18 aliphatic heterocycles. The molecule has 8 nitrogen and oxygen atoms in total. The highest BCUT2D eigenvalue weighted by molar-refractivity contribution is 6.16. The second-order valence-corrected chi connectivity index (χ2v) is 16.1. The van der Waals surface area contributed by atoms with Crippen LogP contribution in [0.25, 0.3) is 65.3 Å². The van der Waals surface area contributed by atoms with E-state index in [4.69, 9.17) is 28.4 Å². The summed E-state index contributed by atoms with van der Waals surface area (Å²) in [6, 6.07) is 53.3. The maximum atomic E-state index is 14.1. The minimum absolute atomic E-state index is 0.115. The van der Waals surface area contributed by atoms with Crippen molar-refractivity contribution >= 4 is 54.7 Å². The Hall–Kier alpha value is -8.62. The van der Waals surface area contributed by atoms with E-state index in [1.54, 1.807) is 52.7 Å². The molecule has 0 radical (unpaired) electrons. The Morgan fingerprint density at radius 1 is 0.288 bits per heavy atom. The predicted octanol–water partition coefficient (Wildman–Crippen LogP) is 14.0. The number of ether oxygens (including phenoxy) is 6. The Labute approximate surface area is 380 Å². The van der Waals surface area contributed by atoms with Gasteiger partial charge in [0.15, 0.2) is 11.6 Å². The van der Waals surface area contributed by atoms with Crippen LogP contribution in [0.15, 0.2) is 170 Å². The number of methoxy groups -OCH3 is 4. The van der Waals surface area contributed by atoms with Gasteiger partial charge in [-0.25, -0.2) is 0 Å². The zero-order valence-corrected chi connectivity index (χ0v) is 36.4. The van der Waals surface area contributed by atoms with Crippen molar-refractivity contribution in [2.75, 3.05) is 28.4 Å². The summed E-state index contributed by atoms with van der Waals surface area (Å²) in [6.45, 7) is 0. The average Bonchev–Trinajstić information content (AvgIpc) is 3.36. The Morgan fingerprint density at radius 3 is 0.879 bits per heavy atom. The van der Waals surface area contributed by atoms with Crippen LogP contribution in [0.1, 0.15) is 31.8 Å². The fourth-order valence-electron chi connectivity index (χ4n) is 9.27. The van der Waals surface area contributed by atoms with E-state index >= 15 is 0 Å². The van der Waals surface area contributed by atoms with E-state index < -0.39 is 0 Å². The summed E-state index contributed by atoms with van der Waals surface area (Å²) in [5, 5.41) is 7.22. The molecule has 18 aliphatic rings. The van der Waals surface area contributed by atoms with Crippen LogP contribution in [0.3, 0.4) is 0 Å². The molecule has 0 amide bonds. The number of hydrogen-bond donors (Lipinski definition) is 0. The molecule has 10 aromatic rings. The first-order valence-electron chi connectivity index (χ1n) is 21.4. The monoisotopic (exact) mass is 864 g/mol. The van der Waals surface area contributed by atoms with Gasteiger partial charge in [0.25, 0.3) is 0 Å². The molecule has 0 N–H and O–H groups in total. The van der Waals surface area contributed by atoms with Gasteiger partial charge in [0.1, 0.15) is 46.0 Å². The van der Waals surface area contributed by atoms with E-state index in [9.17, 15) is 9.59 Å². The minimum Gasteiger partial charge on any atom is -0.496 e. The van der Waals surface area contributed by atoms with Crippen molar-refractivity contribution in [2.24, 2.45) is 0 Å². The number of carbonyl (C=O) groups is 2. The SMILES string of the molecule is COc1ccc2cc3ccc2c1-c1c(OC)ccc2cc(ccc12)C(=O)c1ccc(cc1)Oc1ccc2c(c(OC)ccc2c1)-c1c(OC)ccc2cc(ccc12)C(=O)c1ccc(cc1)O3. The highest BCUT2D eigenvalue weighted by atomic mass is 16.5. The lowest BCUT2D eigenvalue weighted by atomic mass is 9.90. The van der Waals surface area contributed by atoms with Gasteiger partial charge in [-0.3, -0.25) is 9.59 Å². The van der Waals surface area contributed by atoms with Crippen molar-refractivity contribution in [2.45, 2.75) is 0 Å². The Balaban J connectivity index is 1.07. The molecule has 8 heteroatoms. The summed E-state index contributed by atoms with van der Waals surface area (Å²) in [6.07, 6.45) is 0. The van der Waals surface area contributed by atoms with Crippen molar-refractivity contribution in [3.05, 3.63) is 192 Å². The summed E-state index contributed by atoms with van der Waals surface area (Å²) in [5.74, 6) is 4.85. The van der Waals surface area contributed by atoms with Gasteiger partial charge in [0, 0.05) is 44.5 Å². The lowest BCUT2D eigenvalue weighted by Crippen LogP contribution is -2.02. The van der Waals surface area contributed by atoms with Gasteiger partial charge in [0.2, 0.25) is 0 Å². The largest absolute Gasteiger partial charge is 0.496 e. The van der Waals surface area contributed by atoms with E-state index in [0.717, 1.165) is 65.3 Å². The van der Waals surface area contributed by atoms with Gasteiger partial charge in [0.05, 0.1) is 28.4 Å². The lowest BCUT2D eigenvalue weighted by molar-refractivity contribution is 0.103. The average molecular weight is 865 g/mol. The highest BCUT2D eigenvalue weighted by Gasteiger charge is 2.23. The zero-order valence-electron chi connectivity index (χ0n) is 36.4. The molecular weight excluding hydrogens is 825 g/mol. The third kappa shape index (κ3) is 6.78. The third-order valence-corrected chi connectivity index (χ3v) is 12.5. The molecule has 320 valence electrons. The first kappa shape index (κ1) is 40.2. The van der Waals surface area contributed by atoms with Crippen molar-refractivity contribution in [1.29, 1.82) is 0 Å². The molecular formula is C58H40O8. The number of rotatable bonds is 4. The number of benzene rings is 10. The quantitative estimate of drug-likeness (QED) is 0.173. The number of carbonyl (C=O) groups excluding carboxylic acids is 2. The summed E-state index contributed by atoms with van der Waals surface area (Å²) in [5.41, 5.74) is 5.54. The Morgan fingerprint density at radius 2 is 0.561 bits per heavy atom. The lowest BCUT2D eigenvalue weighted by Gasteiger charge is -2.19. The first-order chi connectivity index (χ1) is 32.3. The highest BCUT2D eigenvalue weighted by Crippen LogP contribution is 2.48. The van der Waals surface area contributed by atoms with Crippen LogP contribution in [0.4, 0.5) is 0 Å². The normalized spacial score (nSPS) is 12.2. The molecule has 66 heavy (non-hydrogen) atoms. The molecule has 28 rings (SSSR count). The molecule has 0 atom stereocenters. The van der Waals surface area contributed by atoms with Gasteiger partial charge >= 0.3 is 0 Å². The summed E-state index contributed by atoms with van der Waals surface area (Å²) in [7, 11) is 6.60. The zero-order chi connectivity index (χ0) is 45.1. The summed E-state index contributed by atoms with van der Waals surface area (Å²) >= 11 is 0. The van der Waals surface area contributed by atoms with Crippen molar-refractivity contribution in [3.8, 4) is 68.2 Å². The van der Waals surface area contributed by atoms with E-state index in [2.05, 4.69) is 0 Å². The van der Waals surface area contributed by atoms with Crippen LogP contribution in [-0.4, -0.2) is 40.0 Å². The van der Waals surface area contributed by atoms with Crippen LogP contribution >= 0.6 is 0 Å². The second-order valence-electron chi connectivity index (χ2n) is 16.1. The number of hydrogen-bond acceptors (Lipinski definition) is 8. The van der Waals surface area contributed by atoms with Crippen molar-refractivity contribution in [1.82, 2.24) is 0 Å². The predicted molar refractivity (Wildman–Crippen MR) is 260 cm³/mol. The van der Waals surface area contributed by atoms with Gasteiger partial charge in [-0.15, -0.1) is 0 Å². The van der Waals surface area contributed by atoms with E-state index in [-0.39, 0.29) is 11.6 Å². The topological polar surface area (TPSA) is 89.5 Å². The smallest absolute Gasteiger partial charge is 0.193 e. The third-order valence-electron chi connectivity index (χ3n) is 12.5. The van der Waals surface area contributed by atoms with Crippen LogP contribution in [-0.2, 0) is 0 Å². The molecule has 0 aliphatic carbocycles. The van der Waals surface area contributed by atoms with Crippen LogP contribution in [0, 0.1) is 0 Å². The van der Waals surface area contributed by atoms with Crippen LogP contribution < -0.4 is 28.4 Å². The molecule has 20 bridgehead atoms. The minimum atomic E-state index is -0.115. The molecule has 0 spiro atoms. The van der Waals surface area contributed by atoms with Crippen molar-refractivity contribution in [3.63, 3.8) is 0 Å². The Kier molecular flexibility index (Phi) is 9.85. The maximum absolute atomic E-state index is 14.1. The molecule has 18 heterocycles. The fraction of sp³-hybridized carbons (Fsp3) is 0.0690. The molecule has 10 aromatic carbocycles. The van der Waals surface area contributed by atoms with E-state index in [1.807, 2.05) is 146 Å². The van der Waals surface area contributed by atoms with Gasteiger partial charge in [-0.2, -0.15) is 0 Å². The summed E-state index contributed by atoms with van der Waals surface area (Å²) < 4.78 is 36.7. The van der Waals surface area contributed by atoms with Gasteiger partial charge < -0.3 is 28.4 Å². The second kappa shape index (κ2) is 16.2. The first-order valence-corrected chi connectivity index (χ1v) is 21.4. The Bertz CT molecular complexity index is 3370. The van der Waals surface area contributed by atoms with E-state index in [0.29, 0.717) is 68.2 Å². The number of ketones is 2. The van der Waals surface area contributed by atoms with Gasteiger partial charge in [-0.1, -0.05) is 48.5 Å². The molecule has 0 unspecified atom stereocenters. The van der Waals surface area contributed by atoms with Crippen molar-refractivity contribution < 1.29 is 38.0 Å². The molecule has 0 saturated heterocycles. The fourth-order valence-corrected chi connectivity index (χ4v) is 9.27. The van der Waals surface area contributed by atoms with Crippen LogP contribution in [0.2, 0.25) is 0 Å². The molecule has 0 aromatic heterocycles. The maximum Gasteiger partial charge on any atom is 0.193 e. The van der Waals surface area contributed by atoms with Crippen LogP contribution in [0.5, 0.6) is 46.0 Å². The molecule has 0 fully saturated rings. The van der Waals surface area contributed by atoms with E-state index in [1.165, 1.54) is 0 Å². The summed E-state index contributed by atoms with van der Waals surface area (Å²) in [4.78, 5) is 28.1. The standard InChI is InChI=1S/C58H40O8/c1-61-49-25-11-35-29-39-9-21-45(35)53(49)55-47-23-19-43(31-37(47)13-27-51(55)63-3)65-41-17-7-34(8-18-41)58(60)40-10-22-46-36(30-40)12-26-50(62-2)54(46)56-48-24-20-44(32-38(48)14-28-52(56)64-4)66-42-15-5-33(6-16-42)57(39)59/h5-32H,1-4H3. The van der Waals surface area contributed by atoms with Gasteiger partial charge in [-0.05, 0) is 164 Å².